The van der Waals surface area contributed by atoms with E-state index in [1.165, 1.54) is 6.07 Å². The topological polar surface area (TPSA) is 64.2 Å². The minimum atomic E-state index is 0.124. The maximum absolute atomic E-state index is 9.18. The first-order chi connectivity index (χ1) is 11.3. The lowest BCUT2D eigenvalue weighted by atomic mass is 9.87. The fourth-order valence-corrected chi connectivity index (χ4v) is 2.23. The van der Waals surface area contributed by atoms with Crippen molar-refractivity contribution >= 4 is 0 Å². The van der Waals surface area contributed by atoms with Gasteiger partial charge in [0.25, 0.3) is 0 Å². The molecule has 2 rings (SSSR count). The highest BCUT2D eigenvalue weighted by atomic mass is 16.3. The Morgan fingerprint density at radius 3 is 2.17 bits per heavy atom. The molecule has 0 heterocycles. The summed E-state index contributed by atoms with van der Waals surface area (Å²) in [5.74, 6) is 0.509. The molecule has 0 spiro atoms. The molecule has 0 aromatic heterocycles. The van der Waals surface area contributed by atoms with Crippen molar-refractivity contribution < 1.29 is 10.2 Å². The van der Waals surface area contributed by atoms with Gasteiger partial charge in [-0.2, -0.15) is 5.26 Å². The van der Waals surface area contributed by atoms with Crippen LogP contribution < -0.4 is 0 Å². The molecule has 0 unspecified atom stereocenters. The third kappa shape index (κ3) is 6.34. The molecule has 0 atom stereocenters. The standard InChI is InChI=1S/C11H13NO.C10H14O/c1-2-3-4-9-5-6-11(13)7-10(9)8-12;1-10(2,3)8-5-4-6-9(11)7-8/h5-7,13H,2-4H2,1H3;4-7,11H,1-3H3. The number of aromatic hydroxyl groups is 2. The number of aryl methyl sites for hydroxylation is 1. The van der Waals surface area contributed by atoms with Crippen molar-refractivity contribution in [2.45, 2.75) is 52.4 Å². The highest BCUT2D eigenvalue weighted by molar-refractivity contribution is 5.42. The molecule has 0 aliphatic rings. The van der Waals surface area contributed by atoms with Gasteiger partial charge in [0, 0.05) is 0 Å². The maximum Gasteiger partial charge on any atom is 0.116 e. The van der Waals surface area contributed by atoms with Crippen LogP contribution in [0, 0.1) is 11.3 Å². The van der Waals surface area contributed by atoms with E-state index in [-0.39, 0.29) is 11.2 Å². The van der Waals surface area contributed by atoms with Crippen LogP contribution in [0.5, 0.6) is 11.5 Å². The number of rotatable bonds is 3. The Bertz CT molecular complexity index is 694. The lowest BCUT2D eigenvalue weighted by molar-refractivity contribution is 0.471. The first-order valence-electron chi connectivity index (χ1n) is 8.29. The van der Waals surface area contributed by atoms with Crippen LogP contribution in [-0.4, -0.2) is 10.2 Å². The van der Waals surface area contributed by atoms with Crippen LogP contribution in [0.15, 0.2) is 42.5 Å². The SMILES string of the molecule is CC(C)(C)c1cccc(O)c1.CCCCc1ccc(O)cc1C#N. The zero-order chi connectivity index (χ0) is 18.2. The molecule has 2 N–H and O–H groups in total. The van der Waals surface area contributed by atoms with Crippen LogP contribution in [0.25, 0.3) is 0 Å². The molecule has 0 fully saturated rings. The molecule has 2 aromatic carbocycles. The smallest absolute Gasteiger partial charge is 0.116 e. The van der Waals surface area contributed by atoms with E-state index in [0.717, 1.165) is 30.4 Å². The minimum absolute atomic E-state index is 0.124. The third-order valence-electron chi connectivity index (χ3n) is 3.73. The van der Waals surface area contributed by atoms with Gasteiger partial charge < -0.3 is 10.2 Å². The predicted molar refractivity (Wildman–Crippen MR) is 98.2 cm³/mol. The second-order valence-electron chi connectivity index (χ2n) is 6.86. The van der Waals surface area contributed by atoms with Gasteiger partial charge in [0.2, 0.25) is 0 Å². The van der Waals surface area contributed by atoms with E-state index in [4.69, 9.17) is 10.4 Å². The van der Waals surface area contributed by atoms with E-state index < -0.39 is 0 Å². The van der Waals surface area contributed by atoms with Gasteiger partial charge in [-0.05, 0) is 53.6 Å². The van der Waals surface area contributed by atoms with Gasteiger partial charge in [-0.15, -0.1) is 0 Å². The summed E-state index contributed by atoms with van der Waals surface area (Å²) >= 11 is 0. The third-order valence-corrected chi connectivity index (χ3v) is 3.73. The van der Waals surface area contributed by atoms with E-state index in [0.29, 0.717) is 11.3 Å². The zero-order valence-electron chi connectivity index (χ0n) is 15.0. The van der Waals surface area contributed by atoms with E-state index in [1.54, 1.807) is 18.2 Å². The van der Waals surface area contributed by atoms with Crippen LogP contribution in [0.2, 0.25) is 0 Å². The van der Waals surface area contributed by atoms with Crippen molar-refractivity contribution in [1.29, 1.82) is 5.26 Å². The molecule has 0 aliphatic carbocycles. The lowest BCUT2D eigenvalue weighted by Crippen LogP contribution is -2.10. The fourth-order valence-electron chi connectivity index (χ4n) is 2.23. The summed E-state index contributed by atoms with van der Waals surface area (Å²) in [6.07, 6.45) is 3.12. The van der Waals surface area contributed by atoms with E-state index in [2.05, 4.69) is 33.8 Å². The number of nitriles is 1. The monoisotopic (exact) mass is 325 g/mol. The average Bonchev–Trinajstić information content (AvgIpc) is 2.53. The Morgan fingerprint density at radius 1 is 1.00 bits per heavy atom. The van der Waals surface area contributed by atoms with Gasteiger partial charge in [-0.25, -0.2) is 0 Å². The minimum Gasteiger partial charge on any atom is -0.508 e. The summed E-state index contributed by atoms with van der Waals surface area (Å²) in [5.41, 5.74) is 2.91. The predicted octanol–water partition coefficient (Wildman–Crippen LogP) is 5.30. The Labute approximate surface area is 145 Å². The molecule has 0 aliphatic heterocycles. The van der Waals surface area contributed by atoms with Crippen LogP contribution in [0.1, 0.15) is 57.2 Å². The van der Waals surface area contributed by atoms with Crippen molar-refractivity contribution in [2.24, 2.45) is 0 Å². The van der Waals surface area contributed by atoms with Crippen molar-refractivity contribution in [1.82, 2.24) is 0 Å². The first kappa shape index (κ1) is 19.6. The molecule has 0 saturated heterocycles. The quantitative estimate of drug-likeness (QED) is 0.805. The molecule has 0 amide bonds. The van der Waals surface area contributed by atoms with Crippen molar-refractivity contribution in [3.63, 3.8) is 0 Å². The van der Waals surface area contributed by atoms with Gasteiger partial charge in [-0.1, -0.05) is 52.3 Å². The molecule has 3 heteroatoms. The molecular weight excluding hydrogens is 298 g/mol. The Balaban J connectivity index is 0.000000243. The van der Waals surface area contributed by atoms with Crippen molar-refractivity contribution in [2.75, 3.05) is 0 Å². The number of phenols is 2. The average molecular weight is 325 g/mol. The number of phenolic OH excluding ortho intramolecular Hbond substituents is 2. The normalized spacial score (nSPS) is 10.5. The van der Waals surface area contributed by atoms with Gasteiger partial charge >= 0.3 is 0 Å². The number of hydrogen-bond donors (Lipinski definition) is 2. The molecule has 3 nitrogen and oxygen atoms in total. The molecule has 2 aromatic rings. The van der Waals surface area contributed by atoms with Crippen molar-refractivity contribution in [3.05, 3.63) is 59.2 Å². The largest absolute Gasteiger partial charge is 0.508 e. The van der Waals surface area contributed by atoms with Crippen LogP contribution in [0.4, 0.5) is 0 Å². The molecule has 0 bridgehead atoms. The molecule has 128 valence electrons. The first-order valence-corrected chi connectivity index (χ1v) is 8.29. The Morgan fingerprint density at radius 2 is 1.67 bits per heavy atom. The van der Waals surface area contributed by atoms with Gasteiger partial charge in [-0.3, -0.25) is 0 Å². The lowest BCUT2D eigenvalue weighted by Gasteiger charge is -2.18. The highest BCUT2D eigenvalue weighted by Gasteiger charge is 2.12. The number of unbranched alkanes of at least 4 members (excludes halogenated alkanes) is 1. The zero-order valence-corrected chi connectivity index (χ0v) is 15.0. The van der Waals surface area contributed by atoms with Crippen LogP contribution in [0.3, 0.4) is 0 Å². The highest BCUT2D eigenvalue weighted by Crippen LogP contribution is 2.24. The van der Waals surface area contributed by atoms with E-state index >= 15 is 0 Å². The molecular formula is C21H27NO2. The summed E-state index contributed by atoms with van der Waals surface area (Å²) in [6.45, 7) is 8.50. The summed E-state index contributed by atoms with van der Waals surface area (Å²) in [6, 6.07) is 14.5. The van der Waals surface area contributed by atoms with Crippen molar-refractivity contribution in [3.8, 4) is 17.6 Å². The summed E-state index contributed by atoms with van der Waals surface area (Å²) in [5, 5.41) is 27.1. The molecule has 0 saturated carbocycles. The summed E-state index contributed by atoms with van der Waals surface area (Å²) in [7, 11) is 0. The second kappa shape index (κ2) is 8.98. The number of hydrogen-bond acceptors (Lipinski definition) is 3. The fraction of sp³-hybridized carbons (Fsp3) is 0.381. The Kier molecular flexibility index (Phi) is 7.32. The summed E-state index contributed by atoms with van der Waals surface area (Å²) in [4.78, 5) is 0. The molecule has 24 heavy (non-hydrogen) atoms. The van der Waals surface area contributed by atoms with E-state index in [9.17, 15) is 5.11 Å². The van der Waals surface area contributed by atoms with Crippen LogP contribution in [-0.2, 0) is 11.8 Å². The number of benzene rings is 2. The second-order valence-corrected chi connectivity index (χ2v) is 6.86. The van der Waals surface area contributed by atoms with Gasteiger partial charge in [0.1, 0.15) is 11.5 Å². The maximum atomic E-state index is 9.18. The van der Waals surface area contributed by atoms with E-state index in [1.807, 2.05) is 18.2 Å². The van der Waals surface area contributed by atoms with Gasteiger partial charge in [0.05, 0.1) is 11.6 Å². The number of nitrogens with zero attached hydrogens (tertiary/aromatic N) is 1. The van der Waals surface area contributed by atoms with Crippen LogP contribution >= 0.6 is 0 Å². The molecule has 0 radical (unpaired) electrons. The Hall–Kier alpha value is -2.47. The van der Waals surface area contributed by atoms with Gasteiger partial charge in [0.15, 0.2) is 0 Å². The summed E-state index contributed by atoms with van der Waals surface area (Å²) < 4.78 is 0.